The van der Waals surface area contributed by atoms with Gasteiger partial charge in [0, 0.05) is 6.07 Å². The average molecular weight is 351 g/mol. The molecule has 0 bridgehead atoms. The first-order chi connectivity index (χ1) is 10.1. The van der Waals surface area contributed by atoms with Gasteiger partial charge in [0.15, 0.2) is 5.75 Å². The Kier molecular flexibility index (Phi) is 3.71. The molecule has 110 valence electrons. The zero-order valence-electron chi connectivity index (χ0n) is 11.8. The van der Waals surface area contributed by atoms with E-state index in [-0.39, 0.29) is 17.6 Å². The highest BCUT2D eigenvalue weighted by Crippen LogP contribution is 2.38. The van der Waals surface area contributed by atoms with Gasteiger partial charge in [-0.1, -0.05) is 25.1 Å². The predicted octanol–water partition coefficient (Wildman–Crippen LogP) is 3.60. The maximum absolute atomic E-state index is 12.6. The number of aromatic nitrogens is 1. The van der Waals surface area contributed by atoms with Gasteiger partial charge in [0.1, 0.15) is 6.61 Å². The molecule has 3 rings (SSSR count). The third-order valence-electron chi connectivity index (χ3n) is 3.37. The van der Waals surface area contributed by atoms with Gasteiger partial charge in [0.2, 0.25) is 5.76 Å². The van der Waals surface area contributed by atoms with E-state index in [0.29, 0.717) is 18.9 Å². The molecule has 0 unspecified atom stereocenters. The van der Waals surface area contributed by atoms with E-state index < -0.39 is 0 Å². The Bertz CT molecular complexity index is 681. The summed E-state index contributed by atoms with van der Waals surface area (Å²) >= 11 is 3.44. The lowest BCUT2D eigenvalue weighted by Gasteiger charge is -2.29. The Hall–Kier alpha value is -1.82. The third-order valence-corrected chi connectivity index (χ3v) is 4.00. The molecule has 1 aromatic carbocycles. The highest BCUT2D eigenvalue weighted by molar-refractivity contribution is 9.10. The van der Waals surface area contributed by atoms with Crippen LogP contribution in [0.3, 0.4) is 0 Å². The maximum Gasteiger partial charge on any atom is 0.297 e. The SMILES string of the molecule is CC(C)c1cc(C(=O)N2CCOc3c(Br)cccc32)on1. The number of nitrogens with zero attached hydrogens (tertiary/aromatic N) is 2. The molecule has 0 radical (unpaired) electrons. The predicted molar refractivity (Wildman–Crippen MR) is 81.9 cm³/mol. The summed E-state index contributed by atoms with van der Waals surface area (Å²) in [6.07, 6.45) is 0. The van der Waals surface area contributed by atoms with Crippen LogP contribution in [0, 0.1) is 0 Å². The van der Waals surface area contributed by atoms with Gasteiger partial charge >= 0.3 is 0 Å². The first kappa shape index (κ1) is 14.1. The number of carbonyl (C=O) groups excluding carboxylic acids is 1. The largest absolute Gasteiger partial charge is 0.488 e. The van der Waals surface area contributed by atoms with Crippen LogP contribution in [0.4, 0.5) is 5.69 Å². The Morgan fingerprint density at radius 2 is 2.24 bits per heavy atom. The van der Waals surface area contributed by atoms with Crippen molar-refractivity contribution in [1.29, 1.82) is 0 Å². The summed E-state index contributed by atoms with van der Waals surface area (Å²) in [6, 6.07) is 7.33. The zero-order chi connectivity index (χ0) is 15.0. The van der Waals surface area contributed by atoms with Crippen LogP contribution in [0.2, 0.25) is 0 Å². The van der Waals surface area contributed by atoms with Crippen LogP contribution in [0.15, 0.2) is 33.3 Å². The van der Waals surface area contributed by atoms with E-state index in [1.165, 1.54) is 0 Å². The lowest BCUT2D eigenvalue weighted by molar-refractivity contribution is 0.0940. The number of hydrogen-bond acceptors (Lipinski definition) is 4. The number of ether oxygens (including phenoxy) is 1. The van der Waals surface area contributed by atoms with E-state index in [1.54, 1.807) is 11.0 Å². The van der Waals surface area contributed by atoms with Crippen LogP contribution in [0.1, 0.15) is 36.0 Å². The molecule has 1 amide bonds. The van der Waals surface area contributed by atoms with Gasteiger partial charge in [0.25, 0.3) is 5.91 Å². The number of fused-ring (bicyclic) bond motifs is 1. The van der Waals surface area contributed by atoms with Crippen LogP contribution in [0.25, 0.3) is 0 Å². The minimum atomic E-state index is -0.197. The molecule has 1 aliphatic rings. The molecule has 0 saturated heterocycles. The zero-order valence-corrected chi connectivity index (χ0v) is 13.4. The van der Waals surface area contributed by atoms with Crippen molar-refractivity contribution in [3.8, 4) is 5.75 Å². The van der Waals surface area contributed by atoms with Crippen molar-refractivity contribution >= 4 is 27.5 Å². The highest BCUT2D eigenvalue weighted by atomic mass is 79.9. The number of hydrogen-bond donors (Lipinski definition) is 0. The number of rotatable bonds is 2. The van der Waals surface area contributed by atoms with Gasteiger partial charge in [-0.25, -0.2) is 0 Å². The van der Waals surface area contributed by atoms with E-state index in [1.807, 2.05) is 32.0 Å². The van der Waals surface area contributed by atoms with Crippen molar-refractivity contribution in [3.05, 3.63) is 40.2 Å². The fourth-order valence-corrected chi connectivity index (χ4v) is 2.69. The third kappa shape index (κ3) is 2.55. The average Bonchev–Trinajstić information content (AvgIpc) is 2.96. The molecule has 1 aliphatic heterocycles. The summed E-state index contributed by atoms with van der Waals surface area (Å²) in [5.74, 6) is 0.964. The quantitative estimate of drug-likeness (QED) is 0.830. The minimum Gasteiger partial charge on any atom is -0.488 e. The summed E-state index contributed by atoms with van der Waals surface area (Å²) in [4.78, 5) is 14.3. The smallest absolute Gasteiger partial charge is 0.297 e. The first-order valence-corrected chi connectivity index (χ1v) is 7.57. The summed E-state index contributed by atoms with van der Waals surface area (Å²) in [7, 11) is 0. The van der Waals surface area contributed by atoms with Gasteiger partial charge in [-0.3, -0.25) is 9.69 Å². The second-order valence-electron chi connectivity index (χ2n) is 5.16. The standard InChI is InChI=1S/C15H15BrN2O3/c1-9(2)11-8-13(21-17-11)15(19)18-6-7-20-14-10(16)4-3-5-12(14)18/h3-5,8-9H,6-7H2,1-2H3. The van der Waals surface area contributed by atoms with E-state index in [0.717, 1.165) is 15.9 Å². The molecule has 6 heteroatoms. The Morgan fingerprint density at radius 1 is 1.43 bits per heavy atom. The molecule has 0 spiro atoms. The van der Waals surface area contributed by atoms with E-state index in [2.05, 4.69) is 21.1 Å². The Morgan fingerprint density at radius 3 is 2.95 bits per heavy atom. The van der Waals surface area contributed by atoms with Crippen LogP contribution in [0.5, 0.6) is 5.75 Å². The summed E-state index contributed by atoms with van der Waals surface area (Å²) in [5.41, 5.74) is 1.52. The molecule has 0 N–H and O–H groups in total. The molecule has 1 aromatic heterocycles. The summed E-state index contributed by atoms with van der Waals surface area (Å²) < 4.78 is 11.7. The molecular formula is C15H15BrN2O3. The van der Waals surface area contributed by atoms with Crippen LogP contribution in [-0.4, -0.2) is 24.2 Å². The lowest BCUT2D eigenvalue weighted by Crippen LogP contribution is -2.37. The van der Waals surface area contributed by atoms with E-state index >= 15 is 0 Å². The van der Waals surface area contributed by atoms with E-state index in [9.17, 15) is 4.79 Å². The minimum absolute atomic E-state index is 0.197. The monoisotopic (exact) mass is 350 g/mol. The molecule has 2 heterocycles. The topological polar surface area (TPSA) is 55.6 Å². The highest BCUT2D eigenvalue weighted by Gasteiger charge is 2.28. The molecule has 0 aliphatic carbocycles. The van der Waals surface area contributed by atoms with Crippen LogP contribution in [-0.2, 0) is 0 Å². The number of para-hydroxylation sites is 1. The maximum atomic E-state index is 12.6. The molecule has 2 aromatic rings. The van der Waals surface area contributed by atoms with Gasteiger partial charge in [-0.05, 0) is 34.0 Å². The molecular weight excluding hydrogens is 336 g/mol. The number of anilines is 1. The number of amides is 1. The van der Waals surface area contributed by atoms with Crippen molar-refractivity contribution in [2.24, 2.45) is 0 Å². The second kappa shape index (κ2) is 5.52. The second-order valence-corrected chi connectivity index (χ2v) is 6.02. The van der Waals surface area contributed by atoms with Gasteiger partial charge in [-0.2, -0.15) is 0 Å². The van der Waals surface area contributed by atoms with Crippen molar-refractivity contribution in [1.82, 2.24) is 5.16 Å². The van der Waals surface area contributed by atoms with Crippen molar-refractivity contribution in [3.63, 3.8) is 0 Å². The number of halogens is 1. The fourth-order valence-electron chi connectivity index (χ4n) is 2.22. The van der Waals surface area contributed by atoms with E-state index in [4.69, 9.17) is 9.26 Å². The van der Waals surface area contributed by atoms with Gasteiger partial charge < -0.3 is 9.26 Å². The van der Waals surface area contributed by atoms with Gasteiger partial charge in [-0.15, -0.1) is 0 Å². The van der Waals surface area contributed by atoms with Crippen molar-refractivity contribution in [2.75, 3.05) is 18.1 Å². The van der Waals surface area contributed by atoms with Crippen molar-refractivity contribution < 1.29 is 14.1 Å². The summed E-state index contributed by atoms with van der Waals surface area (Å²) in [6.45, 7) is 4.95. The normalized spacial score (nSPS) is 14.0. The molecule has 0 saturated carbocycles. The summed E-state index contributed by atoms with van der Waals surface area (Å²) in [5, 5.41) is 3.94. The number of carbonyl (C=O) groups is 1. The molecule has 21 heavy (non-hydrogen) atoms. The first-order valence-electron chi connectivity index (χ1n) is 6.77. The lowest BCUT2D eigenvalue weighted by atomic mass is 10.1. The Balaban J connectivity index is 1.94. The van der Waals surface area contributed by atoms with Crippen LogP contribution >= 0.6 is 15.9 Å². The van der Waals surface area contributed by atoms with Crippen molar-refractivity contribution in [2.45, 2.75) is 19.8 Å². The molecule has 0 atom stereocenters. The van der Waals surface area contributed by atoms with Crippen LogP contribution < -0.4 is 9.64 Å². The molecule has 0 fully saturated rings. The Labute approximate surface area is 131 Å². The molecule has 5 nitrogen and oxygen atoms in total. The fraction of sp³-hybridized carbons (Fsp3) is 0.333. The van der Waals surface area contributed by atoms with Gasteiger partial charge in [0.05, 0.1) is 22.4 Å². The number of benzene rings is 1.